The van der Waals surface area contributed by atoms with E-state index in [1.807, 2.05) is 47.4 Å². The Labute approximate surface area is 153 Å². The van der Waals surface area contributed by atoms with Crippen molar-refractivity contribution in [1.29, 1.82) is 0 Å². The minimum atomic E-state index is 0.139. The molecule has 0 bridgehead atoms. The van der Waals surface area contributed by atoms with E-state index in [1.54, 1.807) is 0 Å². The zero-order chi connectivity index (χ0) is 17.8. The molecule has 1 amide bonds. The Balaban J connectivity index is 1.43. The summed E-state index contributed by atoms with van der Waals surface area (Å²) in [5.41, 5.74) is 2.27. The zero-order valence-corrected chi connectivity index (χ0v) is 14.9. The molecule has 1 N–H and O–H groups in total. The summed E-state index contributed by atoms with van der Waals surface area (Å²) in [5, 5.41) is 1.20. The maximum atomic E-state index is 12.8. The van der Waals surface area contributed by atoms with Crippen LogP contribution in [0.5, 0.6) is 5.75 Å². The van der Waals surface area contributed by atoms with Crippen molar-refractivity contribution < 1.29 is 9.53 Å². The molecule has 0 aliphatic carbocycles. The summed E-state index contributed by atoms with van der Waals surface area (Å²) in [7, 11) is 0. The highest BCUT2D eigenvalue weighted by atomic mass is 16.5. The molecule has 4 nitrogen and oxygen atoms in total. The fraction of sp³-hybridized carbons (Fsp3) is 0.318. The lowest BCUT2D eigenvalue weighted by Gasteiger charge is -2.35. The molecule has 1 aliphatic rings. The third kappa shape index (κ3) is 3.59. The van der Waals surface area contributed by atoms with Crippen molar-refractivity contribution in [2.75, 3.05) is 13.2 Å². The monoisotopic (exact) mass is 348 g/mol. The number of rotatable bonds is 5. The molecule has 1 unspecified atom stereocenters. The lowest BCUT2D eigenvalue weighted by Crippen LogP contribution is -2.39. The first kappa shape index (κ1) is 16.7. The van der Waals surface area contributed by atoms with Crippen LogP contribution in [0.15, 0.2) is 60.7 Å². The van der Waals surface area contributed by atoms with E-state index in [2.05, 4.69) is 23.2 Å². The predicted octanol–water partition coefficient (Wildman–Crippen LogP) is 4.69. The Morgan fingerprint density at radius 3 is 2.73 bits per heavy atom. The van der Waals surface area contributed by atoms with Crippen molar-refractivity contribution in [1.82, 2.24) is 9.88 Å². The molecule has 1 fully saturated rings. The fourth-order valence-electron chi connectivity index (χ4n) is 3.75. The van der Waals surface area contributed by atoms with Crippen LogP contribution in [0.1, 0.15) is 37.4 Å². The van der Waals surface area contributed by atoms with Gasteiger partial charge in [-0.05, 0) is 48.9 Å². The quantitative estimate of drug-likeness (QED) is 0.727. The normalized spacial score (nSPS) is 17.4. The Hall–Kier alpha value is -2.75. The van der Waals surface area contributed by atoms with E-state index in [1.165, 1.54) is 5.39 Å². The van der Waals surface area contributed by atoms with E-state index in [9.17, 15) is 4.79 Å². The molecule has 2 aromatic carbocycles. The van der Waals surface area contributed by atoms with Gasteiger partial charge in [-0.25, -0.2) is 0 Å². The molecule has 1 atom stereocenters. The number of fused-ring (bicyclic) bond motifs is 1. The number of amides is 1. The summed E-state index contributed by atoms with van der Waals surface area (Å²) in [5.74, 6) is 0.982. The Morgan fingerprint density at radius 2 is 1.88 bits per heavy atom. The third-order valence-electron chi connectivity index (χ3n) is 5.06. The number of ether oxygens (including phenoxy) is 1. The predicted molar refractivity (Wildman–Crippen MR) is 103 cm³/mol. The van der Waals surface area contributed by atoms with Crippen molar-refractivity contribution >= 4 is 16.8 Å². The molecule has 4 heteroatoms. The summed E-state index contributed by atoms with van der Waals surface area (Å²) >= 11 is 0. The van der Waals surface area contributed by atoms with Crippen LogP contribution in [0.2, 0.25) is 0 Å². The van der Waals surface area contributed by atoms with Crippen molar-refractivity contribution in [3.05, 3.63) is 66.4 Å². The van der Waals surface area contributed by atoms with Crippen LogP contribution in [0, 0.1) is 0 Å². The van der Waals surface area contributed by atoms with Crippen molar-refractivity contribution in [3.8, 4) is 5.75 Å². The van der Waals surface area contributed by atoms with Crippen molar-refractivity contribution in [2.24, 2.45) is 0 Å². The van der Waals surface area contributed by atoms with Crippen molar-refractivity contribution in [2.45, 2.75) is 31.7 Å². The van der Waals surface area contributed by atoms with Crippen LogP contribution >= 0.6 is 0 Å². The Morgan fingerprint density at radius 1 is 1.08 bits per heavy atom. The van der Waals surface area contributed by atoms with E-state index < -0.39 is 0 Å². The molecular formula is C22H24N2O2. The number of hydrogen-bond acceptors (Lipinski definition) is 2. The van der Waals surface area contributed by atoms with Gasteiger partial charge in [0.15, 0.2) is 0 Å². The van der Waals surface area contributed by atoms with Gasteiger partial charge in [-0.3, -0.25) is 4.79 Å². The summed E-state index contributed by atoms with van der Waals surface area (Å²) < 4.78 is 5.70. The van der Waals surface area contributed by atoms with E-state index in [0.29, 0.717) is 13.0 Å². The van der Waals surface area contributed by atoms with Gasteiger partial charge in [-0.1, -0.05) is 36.4 Å². The lowest BCUT2D eigenvalue weighted by atomic mass is 9.99. The molecule has 1 saturated heterocycles. The number of H-pyrrole nitrogens is 1. The van der Waals surface area contributed by atoms with Crippen LogP contribution in [-0.2, 0) is 4.79 Å². The highest BCUT2D eigenvalue weighted by Gasteiger charge is 2.28. The smallest absolute Gasteiger partial charge is 0.226 e. The maximum Gasteiger partial charge on any atom is 0.226 e. The molecule has 2 heterocycles. The van der Waals surface area contributed by atoms with Gasteiger partial charge < -0.3 is 14.6 Å². The number of aromatic nitrogens is 1. The number of likely N-dealkylation sites (tertiary alicyclic amines) is 1. The highest BCUT2D eigenvalue weighted by Crippen LogP contribution is 2.32. The van der Waals surface area contributed by atoms with E-state index in [4.69, 9.17) is 4.74 Å². The Kier molecular flexibility index (Phi) is 4.91. The summed E-state index contributed by atoms with van der Waals surface area (Å²) in [6.07, 6.45) is 3.65. The number of piperidine rings is 1. The summed E-state index contributed by atoms with van der Waals surface area (Å²) in [4.78, 5) is 18.4. The number of nitrogens with one attached hydrogen (secondary N) is 1. The number of aromatic amines is 1. The molecule has 1 aromatic heterocycles. The minimum Gasteiger partial charge on any atom is -0.493 e. The molecule has 1 aliphatic heterocycles. The number of carbonyl (C=O) groups excluding carboxylic acids is 1. The highest BCUT2D eigenvalue weighted by molar-refractivity contribution is 5.81. The second-order valence-corrected chi connectivity index (χ2v) is 6.82. The average molecular weight is 348 g/mol. The molecule has 4 rings (SSSR count). The van der Waals surface area contributed by atoms with Gasteiger partial charge in [-0.15, -0.1) is 0 Å². The van der Waals surface area contributed by atoms with Gasteiger partial charge in [0, 0.05) is 17.8 Å². The zero-order valence-electron chi connectivity index (χ0n) is 14.9. The number of benzene rings is 2. The first-order valence-corrected chi connectivity index (χ1v) is 9.36. The van der Waals surface area contributed by atoms with Gasteiger partial charge in [-0.2, -0.15) is 0 Å². The van der Waals surface area contributed by atoms with E-state index in [-0.39, 0.29) is 11.9 Å². The van der Waals surface area contributed by atoms with E-state index in [0.717, 1.165) is 42.8 Å². The average Bonchev–Trinajstić information content (AvgIpc) is 3.13. The Bertz CT molecular complexity index is 839. The number of nitrogens with zero attached hydrogens (tertiary/aromatic N) is 1. The van der Waals surface area contributed by atoms with Crippen molar-refractivity contribution in [3.63, 3.8) is 0 Å². The molecule has 0 saturated carbocycles. The SMILES string of the molecule is O=C(CCOc1ccccc1)N1CCCCC1c1cc2ccccc2[nH]1. The standard InChI is InChI=1S/C22H24N2O2/c25-22(13-15-26-18-9-2-1-3-10-18)24-14-7-6-12-21(24)20-16-17-8-4-5-11-19(17)23-20/h1-5,8-11,16,21,23H,6-7,12-15H2. The molecule has 3 aromatic rings. The summed E-state index contributed by atoms with van der Waals surface area (Å²) in [6, 6.07) is 20.3. The van der Waals surface area contributed by atoms with Crippen LogP contribution < -0.4 is 4.74 Å². The first-order valence-electron chi connectivity index (χ1n) is 9.36. The second-order valence-electron chi connectivity index (χ2n) is 6.82. The van der Waals surface area contributed by atoms with E-state index >= 15 is 0 Å². The van der Waals surface area contributed by atoms with Gasteiger partial charge in [0.1, 0.15) is 5.75 Å². The largest absolute Gasteiger partial charge is 0.493 e. The topological polar surface area (TPSA) is 45.3 Å². The minimum absolute atomic E-state index is 0.139. The first-order chi connectivity index (χ1) is 12.8. The fourth-order valence-corrected chi connectivity index (χ4v) is 3.75. The lowest BCUT2D eigenvalue weighted by molar-refractivity contribution is -0.135. The maximum absolute atomic E-state index is 12.8. The third-order valence-corrected chi connectivity index (χ3v) is 5.06. The van der Waals surface area contributed by atoms with Gasteiger partial charge in [0.05, 0.1) is 19.1 Å². The molecule has 0 radical (unpaired) electrons. The summed E-state index contributed by atoms with van der Waals surface area (Å²) in [6.45, 7) is 1.24. The molecule has 134 valence electrons. The number of para-hydroxylation sites is 2. The van der Waals surface area contributed by atoms with Gasteiger partial charge >= 0.3 is 0 Å². The van der Waals surface area contributed by atoms with Crippen LogP contribution in [0.3, 0.4) is 0 Å². The van der Waals surface area contributed by atoms with Gasteiger partial charge in [0.2, 0.25) is 5.91 Å². The van der Waals surface area contributed by atoms with Gasteiger partial charge in [0.25, 0.3) is 0 Å². The number of hydrogen-bond donors (Lipinski definition) is 1. The van der Waals surface area contributed by atoms with Crippen LogP contribution in [0.4, 0.5) is 0 Å². The van der Waals surface area contributed by atoms with Crippen LogP contribution in [0.25, 0.3) is 10.9 Å². The number of carbonyl (C=O) groups is 1. The molecule has 26 heavy (non-hydrogen) atoms. The van der Waals surface area contributed by atoms with Crippen LogP contribution in [-0.4, -0.2) is 28.9 Å². The second kappa shape index (κ2) is 7.65. The molecule has 0 spiro atoms. The molecular weight excluding hydrogens is 324 g/mol.